The SMILES string of the molecule is ClC(Cl)(Cl)Nc1ccccc1. The van der Waals surface area contributed by atoms with E-state index in [4.69, 9.17) is 34.8 Å². The molecule has 0 aliphatic carbocycles. The third-order valence-electron chi connectivity index (χ3n) is 1.06. The molecule has 0 amide bonds. The Balaban J connectivity index is 2.66. The molecule has 4 heteroatoms. The molecule has 0 atom stereocenters. The van der Waals surface area contributed by atoms with E-state index in [0.717, 1.165) is 5.69 Å². The lowest BCUT2D eigenvalue weighted by molar-refractivity contribution is 1.27. The average Bonchev–Trinajstić information content (AvgIpc) is 1.85. The Labute approximate surface area is 80.3 Å². The van der Waals surface area contributed by atoms with Gasteiger partial charge in [-0.15, -0.1) is 0 Å². The van der Waals surface area contributed by atoms with Crippen molar-refractivity contribution in [2.24, 2.45) is 0 Å². The summed E-state index contributed by atoms with van der Waals surface area (Å²) < 4.78 is -1.43. The van der Waals surface area contributed by atoms with Gasteiger partial charge >= 0.3 is 0 Å². The summed E-state index contributed by atoms with van der Waals surface area (Å²) in [4.78, 5) is 0. The van der Waals surface area contributed by atoms with Crippen LogP contribution >= 0.6 is 34.8 Å². The predicted octanol–water partition coefficient (Wildman–Crippen LogP) is 3.43. The first-order valence-corrected chi connectivity index (χ1v) is 4.11. The second-order valence-electron chi connectivity index (χ2n) is 1.99. The molecule has 1 rings (SSSR count). The normalized spacial score (nSPS) is 11.2. The van der Waals surface area contributed by atoms with Gasteiger partial charge in [-0.1, -0.05) is 53.0 Å². The fourth-order valence-corrected chi connectivity index (χ4v) is 1.01. The Morgan fingerprint density at radius 2 is 1.55 bits per heavy atom. The first kappa shape index (κ1) is 8.98. The highest BCUT2D eigenvalue weighted by Crippen LogP contribution is 2.27. The zero-order valence-electron chi connectivity index (χ0n) is 5.52. The molecular weight excluding hydrogens is 204 g/mol. The van der Waals surface area contributed by atoms with Gasteiger partial charge in [-0.25, -0.2) is 0 Å². The molecule has 0 heterocycles. The van der Waals surface area contributed by atoms with Crippen LogP contribution < -0.4 is 5.32 Å². The molecule has 1 aromatic carbocycles. The van der Waals surface area contributed by atoms with Gasteiger partial charge in [0.1, 0.15) is 0 Å². The molecule has 0 unspecified atom stereocenters. The summed E-state index contributed by atoms with van der Waals surface area (Å²) in [6.07, 6.45) is 0. The van der Waals surface area contributed by atoms with Gasteiger partial charge < -0.3 is 5.32 Å². The van der Waals surface area contributed by atoms with Gasteiger partial charge in [0.25, 0.3) is 3.92 Å². The van der Waals surface area contributed by atoms with Gasteiger partial charge in [0.2, 0.25) is 0 Å². The van der Waals surface area contributed by atoms with Crippen LogP contribution in [0.5, 0.6) is 0 Å². The maximum Gasteiger partial charge on any atom is 0.265 e. The molecule has 0 aliphatic heterocycles. The summed E-state index contributed by atoms with van der Waals surface area (Å²) in [6.45, 7) is 0. The zero-order chi connectivity index (χ0) is 8.32. The van der Waals surface area contributed by atoms with Crippen LogP contribution in [-0.2, 0) is 0 Å². The van der Waals surface area contributed by atoms with Crippen LogP contribution in [0.1, 0.15) is 0 Å². The van der Waals surface area contributed by atoms with Crippen molar-refractivity contribution in [2.75, 3.05) is 5.32 Å². The Morgan fingerprint density at radius 1 is 1.00 bits per heavy atom. The number of benzene rings is 1. The second-order valence-corrected chi connectivity index (χ2v) is 4.27. The van der Waals surface area contributed by atoms with Gasteiger partial charge in [0.05, 0.1) is 0 Å². The minimum Gasteiger partial charge on any atom is -0.342 e. The highest BCUT2D eigenvalue weighted by Gasteiger charge is 2.17. The van der Waals surface area contributed by atoms with Crippen molar-refractivity contribution >= 4 is 40.5 Å². The predicted molar refractivity (Wildman–Crippen MR) is 50.4 cm³/mol. The summed E-state index contributed by atoms with van der Waals surface area (Å²) >= 11 is 16.5. The monoisotopic (exact) mass is 209 g/mol. The van der Waals surface area contributed by atoms with E-state index in [1.807, 2.05) is 30.3 Å². The van der Waals surface area contributed by atoms with Gasteiger partial charge in [-0.2, -0.15) is 0 Å². The fourth-order valence-electron chi connectivity index (χ4n) is 0.685. The van der Waals surface area contributed by atoms with Gasteiger partial charge in [-0.05, 0) is 12.1 Å². The maximum atomic E-state index is 5.49. The molecule has 0 bridgehead atoms. The minimum absolute atomic E-state index is 0.785. The Hall–Kier alpha value is -0.110. The molecule has 0 saturated heterocycles. The van der Waals surface area contributed by atoms with Gasteiger partial charge in [0, 0.05) is 5.69 Å². The third kappa shape index (κ3) is 3.71. The highest BCUT2D eigenvalue weighted by atomic mass is 35.6. The van der Waals surface area contributed by atoms with E-state index in [9.17, 15) is 0 Å². The van der Waals surface area contributed by atoms with E-state index in [0.29, 0.717) is 0 Å². The first-order valence-electron chi connectivity index (χ1n) is 2.98. The lowest BCUT2D eigenvalue weighted by Crippen LogP contribution is -2.15. The molecule has 0 aliphatic rings. The molecule has 0 spiro atoms. The van der Waals surface area contributed by atoms with Crippen molar-refractivity contribution in [3.05, 3.63) is 30.3 Å². The molecule has 11 heavy (non-hydrogen) atoms. The van der Waals surface area contributed by atoms with Crippen molar-refractivity contribution in [3.8, 4) is 0 Å². The maximum absolute atomic E-state index is 5.49. The lowest BCUT2D eigenvalue weighted by Gasteiger charge is -2.13. The van der Waals surface area contributed by atoms with E-state index in [1.54, 1.807) is 0 Å². The smallest absolute Gasteiger partial charge is 0.265 e. The molecular formula is C7H6Cl3N. The summed E-state index contributed by atoms with van der Waals surface area (Å²) in [5.74, 6) is 0. The van der Waals surface area contributed by atoms with Crippen LogP contribution in [-0.4, -0.2) is 3.92 Å². The minimum atomic E-state index is -1.43. The van der Waals surface area contributed by atoms with Crippen LogP contribution in [0.3, 0.4) is 0 Å². The number of para-hydroxylation sites is 1. The Bertz CT molecular complexity index is 217. The number of anilines is 1. The number of hydrogen-bond acceptors (Lipinski definition) is 1. The van der Waals surface area contributed by atoms with Crippen LogP contribution in [0.15, 0.2) is 30.3 Å². The van der Waals surface area contributed by atoms with Crippen LogP contribution in [0.4, 0.5) is 5.69 Å². The molecule has 1 aromatic rings. The molecule has 1 nitrogen and oxygen atoms in total. The molecule has 0 radical (unpaired) electrons. The molecule has 0 saturated carbocycles. The molecule has 0 aromatic heterocycles. The first-order chi connectivity index (χ1) is 5.08. The van der Waals surface area contributed by atoms with E-state index in [-0.39, 0.29) is 0 Å². The van der Waals surface area contributed by atoms with Crippen molar-refractivity contribution < 1.29 is 0 Å². The zero-order valence-corrected chi connectivity index (χ0v) is 7.79. The highest BCUT2D eigenvalue weighted by molar-refractivity contribution is 6.68. The number of nitrogens with one attached hydrogen (secondary N) is 1. The van der Waals surface area contributed by atoms with Crippen LogP contribution in [0, 0.1) is 0 Å². The Kier molecular flexibility index (Phi) is 2.88. The van der Waals surface area contributed by atoms with Gasteiger partial charge in [0.15, 0.2) is 0 Å². The molecule has 60 valence electrons. The van der Waals surface area contributed by atoms with Crippen LogP contribution in [0.25, 0.3) is 0 Å². The summed E-state index contributed by atoms with van der Waals surface area (Å²) in [6, 6.07) is 9.25. The number of alkyl halides is 3. The summed E-state index contributed by atoms with van der Waals surface area (Å²) in [7, 11) is 0. The van der Waals surface area contributed by atoms with Gasteiger partial charge in [-0.3, -0.25) is 0 Å². The van der Waals surface area contributed by atoms with E-state index in [2.05, 4.69) is 5.32 Å². The standard InChI is InChI=1S/C7H6Cl3N/c8-7(9,10)11-6-4-2-1-3-5-6/h1-5,11H. The Morgan fingerprint density at radius 3 is 2.00 bits per heavy atom. The van der Waals surface area contributed by atoms with Crippen molar-refractivity contribution in [1.29, 1.82) is 0 Å². The summed E-state index contributed by atoms with van der Waals surface area (Å²) in [5, 5.41) is 2.68. The summed E-state index contributed by atoms with van der Waals surface area (Å²) in [5.41, 5.74) is 0.785. The van der Waals surface area contributed by atoms with Crippen molar-refractivity contribution in [1.82, 2.24) is 0 Å². The van der Waals surface area contributed by atoms with E-state index >= 15 is 0 Å². The topological polar surface area (TPSA) is 12.0 Å². The largest absolute Gasteiger partial charge is 0.342 e. The second kappa shape index (κ2) is 3.53. The number of hydrogen-bond donors (Lipinski definition) is 1. The average molecular weight is 210 g/mol. The van der Waals surface area contributed by atoms with Crippen LogP contribution in [0.2, 0.25) is 0 Å². The fraction of sp³-hybridized carbons (Fsp3) is 0.143. The number of halogens is 3. The van der Waals surface area contributed by atoms with E-state index in [1.165, 1.54) is 0 Å². The van der Waals surface area contributed by atoms with Crippen molar-refractivity contribution in [2.45, 2.75) is 3.92 Å². The van der Waals surface area contributed by atoms with Crippen molar-refractivity contribution in [3.63, 3.8) is 0 Å². The molecule has 0 fully saturated rings. The quantitative estimate of drug-likeness (QED) is 0.553. The number of rotatable bonds is 1. The molecule has 1 N–H and O–H groups in total. The van der Waals surface area contributed by atoms with E-state index < -0.39 is 3.92 Å². The lowest BCUT2D eigenvalue weighted by atomic mass is 10.3. The third-order valence-corrected chi connectivity index (χ3v) is 1.34.